The number of carboxylic acids is 1. The molecule has 1 fully saturated rings. The first-order valence-electron chi connectivity index (χ1n) is 5.74. The van der Waals surface area contributed by atoms with E-state index in [9.17, 15) is 14.0 Å². The van der Waals surface area contributed by atoms with Crippen molar-refractivity contribution in [3.8, 4) is 0 Å². The number of amides is 1. The van der Waals surface area contributed by atoms with Crippen molar-refractivity contribution in [2.45, 2.75) is 13.8 Å². The molecule has 102 valence electrons. The van der Waals surface area contributed by atoms with Gasteiger partial charge in [0.05, 0.1) is 16.3 Å². The molecular formula is C13H13BrFNO3. The van der Waals surface area contributed by atoms with Crippen molar-refractivity contribution in [3.05, 3.63) is 28.5 Å². The summed E-state index contributed by atoms with van der Waals surface area (Å²) in [6.07, 6.45) is 0. The first-order valence-corrected chi connectivity index (χ1v) is 6.53. The van der Waals surface area contributed by atoms with Crippen LogP contribution in [0.1, 0.15) is 13.8 Å². The van der Waals surface area contributed by atoms with Crippen LogP contribution in [0.2, 0.25) is 0 Å². The average molecular weight is 330 g/mol. The molecule has 19 heavy (non-hydrogen) atoms. The van der Waals surface area contributed by atoms with Crippen LogP contribution in [-0.4, -0.2) is 17.0 Å². The summed E-state index contributed by atoms with van der Waals surface area (Å²) in [5.41, 5.74) is -0.113. The van der Waals surface area contributed by atoms with Crippen LogP contribution in [0.5, 0.6) is 0 Å². The maximum atomic E-state index is 13.1. The normalized spacial score (nSPS) is 23.8. The van der Waals surface area contributed by atoms with E-state index in [1.54, 1.807) is 13.8 Å². The second-order valence-corrected chi connectivity index (χ2v) is 6.09. The number of hydrogen-bond acceptors (Lipinski definition) is 2. The molecule has 1 aromatic rings. The SMILES string of the molecule is CC1(C)[C@H](C(=O)O)[C@@H]1C(=O)Nc1ccc(F)c(Br)c1. The number of carbonyl (C=O) groups is 2. The van der Waals surface area contributed by atoms with Gasteiger partial charge in [0.2, 0.25) is 5.91 Å². The Morgan fingerprint density at radius 3 is 2.47 bits per heavy atom. The molecule has 0 spiro atoms. The fourth-order valence-corrected chi connectivity index (χ4v) is 2.76. The number of rotatable bonds is 3. The highest BCUT2D eigenvalue weighted by molar-refractivity contribution is 9.10. The summed E-state index contributed by atoms with van der Waals surface area (Å²) in [7, 11) is 0. The molecule has 1 aliphatic rings. The van der Waals surface area contributed by atoms with Gasteiger partial charge >= 0.3 is 5.97 Å². The molecule has 0 saturated heterocycles. The van der Waals surface area contributed by atoms with Crippen LogP contribution in [0, 0.1) is 23.1 Å². The third kappa shape index (κ3) is 2.49. The molecule has 6 heteroatoms. The molecule has 1 amide bonds. The molecule has 2 atom stereocenters. The molecule has 0 heterocycles. The zero-order valence-electron chi connectivity index (χ0n) is 10.4. The van der Waals surface area contributed by atoms with Gasteiger partial charge in [-0.2, -0.15) is 0 Å². The van der Waals surface area contributed by atoms with Crippen molar-refractivity contribution in [1.29, 1.82) is 0 Å². The van der Waals surface area contributed by atoms with Gasteiger partial charge in [-0.15, -0.1) is 0 Å². The molecule has 2 N–H and O–H groups in total. The van der Waals surface area contributed by atoms with E-state index in [1.165, 1.54) is 18.2 Å². The van der Waals surface area contributed by atoms with Crippen molar-refractivity contribution in [1.82, 2.24) is 0 Å². The molecule has 2 rings (SSSR count). The highest BCUT2D eigenvalue weighted by Crippen LogP contribution is 2.58. The maximum absolute atomic E-state index is 13.1. The molecule has 1 aromatic carbocycles. The Bertz CT molecular complexity index is 559. The highest BCUT2D eigenvalue weighted by Gasteiger charge is 2.65. The van der Waals surface area contributed by atoms with Crippen LogP contribution >= 0.6 is 15.9 Å². The molecule has 4 nitrogen and oxygen atoms in total. The van der Waals surface area contributed by atoms with E-state index in [4.69, 9.17) is 5.11 Å². The monoisotopic (exact) mass is 329 g/mol. The van der Waals surface area contributed by atoms with E-state index < -0.39 is 29.0 Å². The number of nitrogens with one attached hydrogen (secondary N) is 1. The largest absolute Gasteiger partial charge is 0.481 e. The van der Waals surface area contributed by atoms with Crippen LogP contribution in [0.3, 0.4) is 0 Å². The summed E-state index contributed by atoms with van der Waals surface area (Å²) in [4.78, 5) is 23.0. The lowest BCUT2D eigenvalue weighted by atomic mass is 10.1. The lowest BCUT2D eigenvalue weighted by Crippen LogP contribution is -2.17. The Balaban J connectivity index is 2.10. The fourth-order valence-electron chi connectivity index (χ4n) is 2.38. The zero-order chi connectivity index (χ0) is 14.4. The van der Waals surface area contributed by atoms with Crippen LogP contribution in [0.15, 0.2) is 22.7 Å². The van der Waals surface area contributed by atoms with Crippen molar-refractivity contribution in [2.24, 2.45) is 17.3 Å². The van der Waals surface area contributed by atoms with E-state index in [0.717, 1.165) is 0 Å². The van der Waals surface area contributed by atoms with Gasteiger partial charge in [-0.05, 0) is 39.5 Å². The van der Waals surface area contributed by atoms with Gasteiger partial charge in [-0.1, -0.05) is 13.8 Å². The maximum Gasteiger partial charge on any atom is 0.307 e. The molecule has 1 aliphatic carbocycles. The summed E-state index contributed by atoms with van der Waals surface area (Å²) >= 11 is 3.03. The molecule has 1 saturated carbocycles. The van der Waals surface area contributed by atoms with E-state index in [2.05, 4.69) is 21.2 Å². The number of carbonyl (C=O) groups excluding carboxylic acids is 1. The number of halogens is 2. The van der Waals surface area contributed by atoms with Gasteiger partial charge in [-0.3, -0.25) is 9.59 Å². The summed E-state index contributed by atoms with van der Waals surface area (Å²) < 4.78 is 13.3. The smallest absolute Gasteiger partial charge is 0.307 e. The first kappa shape index (κ1) is 14.0. The van der Waals surface area contributed by atoms with Gasteiger partial charge in [0, 0.05) is 5.69 Å². The Morgan fingerprint density at radius 1 is 1.37 bits per heavy atom. The van der Waals surface area contributed by atoms with Gasteiger partial charge in [0.1, 0.15) is 5.82 Å². The standard InChI is InChI=1S/C13H13BrFNO3/c1-13(2)9(10(13)12(18)19)11(17)16-6-3-4-8(15)7(14)5-6/h3-5,9-10H,1-2H3,(H,16,17)(H,18,19)/t9-,10+/m1/s1. The topological polar surface area (TPSA) is 66.4 Å². The Hall–Kier alpha value is -1.43. The third-order valence-electron chi connectivity index (χ3n) is 3.56. The number of benzene rings is 1. The van der Waals surface area contributed by atoms with Crippen LogP contribution in [0.25, 0.3) is 0 Å². The summed E-state index contributed by atoms with van der Waals surface area (Å²) in [6, 6.07) is 4.11. The van der Waals surface area contributed by atoms with Gasteiger partial charge < -0.3 is 10.4 Å². The van der Waals surface area contributed by atoms with Gasteiger partial charge in [0.25, 0.3) is 0 Å². The Kier molecular flexibility index (Phi) is 3.38. The number of aliphatic carboxylic acids is 1. The second kappa shape index (κ2) is 4.59. The van der Waals surface area contributed by atoms with E-state index in [-0.39, 0.29) is 10.4 Å². The van der Waals surface area contributed by atoms with Crippen molar-refractivity contribution in [2.75, 3.05) is 5.32 Å². The van der Waals surface area contributed by atoms with E-state index in [1.807, 2.05) is 0 Å². The summed E-state index contributed by atoms with van der Waals surface area (Å²) in [5.74, 6) is -2.97. The predicted molar refractivity (Wildman–Crippen MR) is 71.1 cm³/mol. The summed E-state index contributed by atoms with van der Waals surface area (Å²) in [5, 5.41) is 11.6. The van der Waals surface area contributed by atoms with Gasteiger partial charge in [0.15, 0.2) is 0 Å². The molecule has 0 aromatic heterocycles. The Morgan fingerprint density at radius 2 is 2.00 bits per heavy atom. The molecule has 0 aliphatic heterocycles. The fraction of sp³-hybridized carbons (Fsp3) is 0.385. The number of anilines is 1. The zero-order valence-corrected chi connectivity index (χ0v) is 12.0. The van der Waals surface area contributed by atoms with Crippen molar-refractivity contribution >= 4 is 33.5 Å². The van der Waals surface area contributed by atoms with Crippen molar-refractivity contribution in [3.63, 3.8) is 0 Å². The molecule has 0 radical (unpaired) electrons. The minimum absolute atomic E-state index is 0.246. The molecular weight excluding hydrogens is 317 g/mol. The number of carboxylic acid groups (broad SMARTS) is 1. The minimum atomic E-state index is -0.967. The van der Waals surface area contributed by atoms with Crippen LogP contribution in [0.4, 0.5) is 10.1 Å². The van der Waals surface area contributed by atoms with E-state index >= 15 is 0 Å². The van der Waals surface area contributed by atoms with Crippen LogP contribution in [-0.2, 0) is 9.59 Å². The van der Waals surface area contributed by atoms with Crippen molar-refractivity contribution < 1.29 is 19.1 Å². The lowest BCUT2D eigenvalue weighted by molar-refractivity contribution is -0.140. The Labute approximate surface area is 118 Å². The van der Waals surface area contributed by atoms with Gasteiger partial charge in [-0.25, -0.2) is 4.39 Å². The summed E-state index contributed by atoms with van der Waals surface area (Å²) in [6.45, 7) is 3.49. The highest BCUT2D eigenvalue weighted by atomic mass is 79.9. The molecule has 0 unspecified atom stereocenters. The van der Waals surface area contributed by atoms with Crippen LogP contribution < -0.4 is 5.32 Å². The van der Waals surface area contributed by atoms with E-state index in [0.29, 0.717) is 5.69 Å². The first-order chi connectivity index (χ1) is 8.75. The second-order valence-electron chi connectivity index (χ2n) is 5.23. The average Bonchev–Trinajstić information content (AvgIpc) is 2.87. The lowest BCUT2D eigenvalue weighted by Gasteiger charge is -2.06. The quantitative estimate of drug-likeness (QED) is 0.896. The third-order valence-corrected chi connectivity index (χ3v) is 4.17. The molecule has 0 bridgehead atoms. The predicted octanol–water partition coefficient (Wildman–Crippen LogP) is 2.88. The number of hydrogen-bond donors (Lipinski definition) is 2. The minimum Gasteiger partial charge on any atom is -0.481 e.